The highest BCUT2D eigenvalue weighted by Gasteiger charge is 2.15. The number of nitrogens with one attached hydrogen (secondary N) is 1. The Morgan fingerprint density at radius 3 is 1.36 bits per heavy atom. The van der Waals surface area contributed by atoms with E-state index in [-0.39, 0.29) is 26.7 Å². The number of fused-ring (bicyclic) bond motifs is 3. The summed E-state index contributed by atoms with van der Waals surface area (Å²) in [7, 11) is 0. The summed E-state index contributed by atoms with van der Waals surface area (Å²) in [6.07, 6.45) is 27.2. The average molecular weight is 860 g/mol. The van der Waals surface area contributed by atoms with E-state index in [0.717, 1.165) is 23.3 Å². The van der Waals surface area contributed by atoms with Gasteiger partial charge in [-0.05, 0) is 198 Å². The van der Waals surface area contributed by atoms with Gasteiger partial charge in [-0.25, -0.2) is 0 Å². The van der Waals surface area contributed by atoms with Crippen LogP contribution < -0.4 is 10.1 Å². The zero-order chi connectivity index (χ0) is 46.9. The van der Waals surface area contributed by atoms with Gasteiger partial charge in [0.2, 0.25) is 5.91 Å². The Morgan fingerprint density at radius 1 is 0.500 bits per heavy atom. The molecule has 324 valence electrons. The van der Waals surface area contributed by atoms with Crippen molar-refractivity contribution in [2.24, 2.45) is 5.92 Å². The molecule has 3 aromatic rings. The smallest absolute Gasteiger partial charge is 0.311 e. The third-order valence-corrected chi connectivity index (χ3v) is 7.91. The lowest BCUT2D eigenvalue weighted by Gasteiger charge is -2.19. The standard InChI is InChI=1S/C14H18.C10H2.C9H9NO.C9H8O2.2C9H4.2CH4/c1-11(2)9-12-7-8-13-5-3-4-6-14(13)10-12;1-3-5-7-9-10-8-6-4-2;11-9-5-7-3-1-2-4-8(7)6-10-9;10-9-6-5-7-3-1-2-4-8(7)11-9;2*1-3-5-7-9-8-6-4-2;;/h3-6,9,11H,7-8,10H2,1-2H3;1-2H;1-4H,5-6H2,(H,10,11);1-4H,5-6H2;2*1H,2H3;2*1H4/b12-9+;;;;;;;. The molecular formula is C62H53NO3. The van der Waals surface area contributed by atoms with Gasteiger partial charge in [-0.15, -0.1) is 25.7 Å². The summed E-state index contributed by atoms with van der Waals surface area (Å²) >= 11 is 0. The number of esters is 1. The first kappa shape index (κ1) is 58.7. The van der Waals surface area contributed by atoms with Crippen LogP contribution in [0.4, 0.5) is 0 Å². The maximum Gasteiger partial charge on any atom is 0.311 e. The molecule has 0 bridgehead atoms. The third-order valence-electron chi connectivity index (χ3n) is 7.91. The van der Waals surface area contributed by atoms with Crippen molar-refractivity contribution in [3.05, 3.63) is 112 Å². The molecule has 2 aliphatic heterocycles. The van der Waals surface area contributed by atoms with E-state index >= 15 is 0 Å². The number of hydrogen-bond donors (Lipinski definition) is 1. The molecule has 0 spiro atoms. The predicted octanol–water partition coefficient (Wildman–Crippen LogP) is 8.99. The van der Waals surface area contributed by atoms with Crippen LogP contribution in [-0.4, -0.2) is 11.9 Å². The van der Waals surface area contributed by atoms with Gasteiger partial charge in [0, 0.05) is 6.54 Å². The summed E-state index contributed by atoms with van der Waals surface area (Å²) in [4.78, 5) is 21.7. The molecule has 0 unspecified atom stereocenters. The number of ether oxygens (including phenoxy) is 1. The monoisotopic (exact) mass is 859 g/mol. The van der Waals surface area contributed by atoms with Gasteiger partial charge in [0.25, 0.3) is 0 Å². The van der Waals surface area contributed by atoms with Gasteiger partial charge in [-0.2, -0.15) is 0 Å². The highest BCUT2D eigenvalue weighted by Crippen LogP contribution is 2.26. The summed E-state index contributed by atoms with van der Waals surface area (Å²) in [5.41, 5.74) is 8.24. The fraction of sp³-hybridized carbons (Fsp3) is 0.226. The molecule has 66 heavy (non-hydrogen) atoms. The molecule has 0 saturated carbocycles. The molecule has 3 aliphatic rings. The fourth-order valence-electron chi connectivity index (χ4n) is 5.35. The lowest BCUT2D eigenvalue weighted by Crippen LogP contribution is -2.29. The van der Waals surface area contributed by atoms with Crippen LogP contribution in [0.25, 0.3) is 0 Å². The summed E-state index contributed by atoms with van der Waals surface area (Å²) in [5.74, 6) is 53.7. The molecule has 6 rings (SSSR count). The maximum absolute atomic E-state index is 10.9. The van der Waals surface area contributed by atoms with E-state index < -0.39 is 0 Å². The first-order valence-corrected chi connectivity index (χ1v) is 19.8. The van der Waals surface area contributed by atoms with Crippen molar-refractivity contribution in [1.29, 1.82) is 0 Å². The molecular weight excluding hydrogens is 807 g/mol. The lowest BCUT2D eigenvalue weighted by atomic mass is 9.87. The van der Waals surface area contributed by atoms with Crippen LogP contribution in [0, 0.1) is 162 Å². The van der Waals surface area contributed by atoms with Crippen LogP contribution in [0.2, 0.25) is 0 Å². The molecule has 1 amide bonds. The largest absolute Gasteiger partial charge is 0.426 e. The van der Waals surface area contributed by atoms with Crippen molar-refractivity contribution in [3.63, 3.8) is 0 Å². The van der Waals surface area contributed by atoms with Gasteiger partial charge >= 0.3 is 5.97 Å². The molecule has 0 aromatic heterocycles. The zero-order valence-electron chi connectivity index (χ0n) is 36.6. The SMILES string of the molecule is C.C.C#CC#CC#CC#CC.C#CC#CC#CC#CC.C#CC#CC#CC#CC#C.CC(C)/C=C1\CCc2ccccc2C1.O=C1CCc2ccccc2O1.O=C1Cc2ccccc2CN1. The van der Waals surface area contributed by atoms with Crippen molar-refractivity contribution < 1.29 is 14.3 Å². The zero-order valence-corrected chi connectivity index (χ0v) is 36.6. The van der Waals surface area contributed by atoms with Gasteiger partial charge in [-0.1, -0.05) is 119 Å². The highest BCUT2D eigenvalue weighted by molar-refractivity contribution is 5.80. The Kier molecular flexibility index (Phi) is 35.3. The number of aryl methyl sites for hydroxylation is 2. The van der Waals surface area contributed by atoms with E-state index in [1.807, 2.05) is 42.5 Å². The predicted molar refractivity (Wildman–Crippen MR) is 274 cm³/mol. The molecule has 1 aliphatic carbocycles. The topological polar surface area (TPSA) is 55.4 Å². The highest BCUT2D eigenvalue weighted by atomic mass is 16.5. The molecule has 0 atom stereocenters. The van der Waals surface area contributed by atoms with Crippen molar-refractivity contribution in [2.45, 2.75) is 87.6 Å². The average Bonchev–Trinajstić information content (AvgIpc) is 3.31. The minimum absolute atomic E-state index is 0. The number of rotatable bonds is 1. The number of carbonyl (C=O) groups excluding carboxylic acids is 2. The Morgan fingerprint density at radius 2 is 0.894 bits per heavy atom. The summed E-state index contributed by atoms with van der Waals surface area (Å²) < 4.78 is 4.99. The first-order valence-electron chi connectivity index (χ1n) is 19.8. The van der Waals surface area contributed by atoms with E-state index in [0.29, 0.717) is 25.3 Å². The van der Waals surface area contributed by atoms with Crippen LogP contribution in [0.15, 0.2) is 84.4 Å². The van der Waals surface area contributed by atoms with Gasteiger partial charge in [-0.3, -0.25) is 9.59 Å². The number of hydrogen-bond acceptors (Lipinski definition) is 3. The van der Waals surface area contributed by atoms with E-state index in [1.165, 1.54) is 30.4 Å². The van der Waals surface area contributed by atoms with Gasteiger partial charge in [0.15, 0.2) is 0 Å². The quantitative estimate of drug-likeness (QED) is 0.115. The van der Waals surface area contributed by atoms with Crippen molar-refractivity contribution in [3.8, 4) is 162 Å². The summed E-state index contributed by atoms with van der Waals surface area (Å²) in [6, 6.07) is 24.5. The van der Waals surface area contributed by atoms with E-state index in [4.69, 9.17) is 30.4 Å². The molecule has 1 N–H and O–H groups in total. The van der Waals surface area contributed by atoms with Crippen LogP contribution in [0.3, 0.4) is 0 Å². The van der Waals surface area contributed by atoms with Crippen LogP contribution >= 0.6 is 0 Å². The Bertz CT molecular complexity index is 2730. The Labute approximate surface area is 397 Å². The Hall–Kier alpha value is -9.38. The second-order valence-electron chi connectivity index (χ2n) is 12.9. The first-order chi connectivity index (χ1) is 31.2. The molecule has 3 aromatic carbocycles. The number of carbonyl (C=O) groups is 2. The lowest BCUT2D eigenvalue weighted by molar-refractivity contribution is -0.135. The third kappa shape index (κ3) is 29.0. The summed E-state index contributed by atoms with van der Waals surface area (Å²) in [6.45, 7) is 8.63. The van der Waals surface area contributed by atoms with Crippen molar-refractivity contribution in [1.82, 2.24) is 5.32 Å². The normalized spacial score (nSPS) is 10.6. The van der Waals surface area contributed by atoms with Crippen LogP contribution in [0.5, 0.6) is 5.75 Å². The molecule has 4 nitrogen and oxygen atoms in total. The van der Waals surface area contributed by atoms with E-state index in [2.05, 4.69) is 186 Å². The number of terminal acetylenes is 4. The molecule has 4 heteroatoms. The second-order valence-corrected chi connectivity index (χ2v) is 12.9. The molecule has 2 heterocycles. The van der Waals surface area contributed by atoms with Gasteiger partial charge < -0.3 is 10.1 Å². The number of benzene rings is 3. The van der Waals surface area contributed by atoms with Crippen molar-refractivity contribution in [2.75, 3.05) is 0 Å². The van der Waals surface area contributed by atoms with Crippen molar-refractivity contribution >= 4 is 11.9 Å². The van der Waals surface area contributed by atoms with Gasteiger partial charge in [0.1, 0.15) is 5.75 Å². The Balaban J connectivity index is 0. The summed E-state index contributed by atoms with van der Waals surface area (Å²) in [5, 5.41) is 2.80. The second kappa shape index (κ2) is 39.7. The molecule has 0 radical (unpaired) electrons. The molecule has 0 saturated heterocycles. The minimum atomic E-state index is -0.122. The number of para-hydroxylation sites is 1. The molecule has 0 fully saturated rings. The maximum atomic E-state index is 10.9. The minimum Gasteiger partial charge on any atom is -0.426 e. The van der Waals surface area contributed by atoms with E-state index in [9.17, 15) is 9.59 Å². The number of amides is 1. The number of allylic oxidation sites excluding steroid dienone is 2. The van der Waals surface area contributed by atoms with E-state index in [1.54, 1.807) is 25.0 Å². The van der Waals surface area contributed by atoms with Crippen LogP contribution in [0.1, 0.15) is 83.2 Å². The fourth-order valence-corrected chi connectivity index (χ4v) is 5.35. The van der Waals surface area contributed by atoms with Crippen LogP contribution in [-0.2, 0) is 41.8 Å². The van der Waals surface area contributed by atoms with Gasteiger partial charge in [0.05, 0.1) is 12.8 Å².